The normalized spacial score (nSPS) is 21.4. The van der Waals surface area contributed by atoms with Crippen LogP contribution in [0.4, 0.5) is 0 Å². The molecule has 0 spiro atoms. The summed E-state index contributed by atoms with van der Waals surface area (Å²) in [7, 11) is -2.34. The number of carbonyl (C=O) groups is 3. The summed E-state index contributed by atoms with van der Waals surface area (Å²) in [5.74, 6) is -0.495. The highest BCUT2D eigenvalue weighted by atomic mass is 28.4. The van der Waals surface area contributed by atoms with Gasteiger partial charge in [0.05, 0.1) is 6.61 Å². The lowest BCUT2D eigenvalue weighted by Crippen LogP contribution is -2.51. The molecule has 0 amide bonds. The van der Waals surface area contributed by atoms with Gasteiger partial charge in [0.15, 0.2) is 0 Å². The van der Waals surface area contributed by atoms with Crippen LogP contribution in [0.2, 0.25) is 16.6 Å². The van der Waals surface area contributed by atoms with Crippen molar-refractivity contribution < 1.29 is 28.3 Å². The van der Waals surface area contributed by atoms with Crippen molar-refractivity contribution in [3.63, 3.8) is 0 Å². The predicted octanol–water partition coefficient (Wildman–Crippen LogP) is 3.95. The minimum absolute atomic E-state index is 0.0764. The van der Waals surface area contributed by atoms with Crippen LogP contribution in [-0.4, -0.2) is 69.4 Å². The SMILES string of the molecule is CC(=O)OCC1CC(C(=O)OC(C)(C)C)N(CCO[Si](C(C)C)(C(C)C)C(C)C=O)C1. The van der Waals surface area contributed by atoms with Gasteiger partial charge >= 0.3 is 11.9 Å². The van der Waals surface area contributed by atoms with E-state index in [0.717, 1.165) is 6.29 Å². The first-order valence-corrected chi connectivity index (χ1v) is 13.6. The quantitative estimate of drug-likeness (QED) is 0.264. The van der Waals surface area contributed by atoms with Gasteiger partial charge in [-0.3, -0.25) is 14.5 Å². The van der Waals surface area contributed by atoms with Crippen LogP contribution in [-0.2, 0) is 28.3 Å². The first kappa shape index (κ1) is 27.8. The van der Waals surface area contributed by atoms with Gasteiger partial charge in [0.1, 0.15) is 17.9 Å². The second-order valence-corrected chi connectivity index (χ2v) is 15.6. The summed E-state index contributed by atoms with van der Waals surface area (Å²) in [5, 5.41) is 0. The Kier molecular flexibility index (Phi) is 10.4. The van der Waals surface area contributed by atoms with Crippen LogP contribution in [0.3, 0.4) is 0 Å². The van der Waals surface area contributed by atoms with Crippen LogP contribution in [0.1, 0.15) is 68.7 Å². The fraction of sp³-hybridized carbons (Fsp3) is 0.870. The van der Waals surface area contributed by atoms with Crippen molar-refractivity contribution in [2.45, 2.75) is 97.0 Å². The van der Waals surface area contributed by atoms with Crippen LogP contribution >= 0.6 is 0 Å². The number of hydrogen-bond acceptors (Lipinski definition) is 7. The summed E-state index contributed by atoms with van der Waals surface area (Å²) in [6.45, 7) is 19.5. The monoisotopic (exact) mass is 457 g/mol. The molecule has 0 bridgehead atoms. The minimum Gasteiger partial charge on any atom is -0.466 e. The van der Waals surface area contributed by atoms with E-state index in [9.17, 15) is 14.4 Å². The van der Waals surface area contributed by atoms with Crippen molar-refractivity contribution >= 4 is 26.5 Å². The molecule has 1 aliphatic heterocycles. The molecule has 3 atom stereocenters. The molecule has 180 valence electrons. The van der Waals surface area contributed by atoms with Crippen molar-refractivity contribution in [2.24, 2.45) is 5.92 Å². The zero-order chi connectivity index (χ0) is 24.0. The third-order valence-electron chi connectivity index (χ3n) is 6.14. The summed E-state index contributed by atoms with van der Waals surface area (Å²) in [4.78, 5) is 37.8. The molecule has 3 unspecified atom stereocenters. The molecule has 0 aliphatic carbocycles. The smallest absolute Gasteiger partial charge is 0.323 e. The van der Waals surface area contributed by atoms with Crippen LogP contribution in [0.15, 0.2) is 0 Å². The lowest BCUT2D eigenvalue weighted by atomic mass is 10.1. The zero-order valence-electron chi connectivity index (χ0n) is 20.9. The van der Waals surface area contributed by atoms with Crippen molar-refractivity contribution in [3.8, 4) is 0 Å². The molecule has 1 aliphatic rings. The third kappa shape index (κ3) is 7.68. The molecular formula is C23H43NO6Si. The van der Waals surface area contributed by atoms with E-state index in [1.54, 1.807) is 0 Å². The first-order valence-electron chi connectivity index (χ1n) is 11.4. The van der Waals surface area contributed by atoms with E-state index < -0.39 is 13.9 Å². The van der Waals surface area contributed by atoms with E-state index in [4.69, 9.17) is 13.9 Å². The molecule has 0 aromatic rings. The van der Waals surface area contributed by atoms with Gasteiger partial charge in [-0.15, -0.1) is 0 Å². The molecule has 1 heterocycles. The van der Waals surface area contributed by atoms with Crippen LogP contribution < -0.4 is 0 Å². The highest BCUT2D eigenvalue weighted by molar-refractivity contribution is 6.80. The van der Waals surface area contributed by atoms with Gasteiger partial charge in [0.25, 0.3) is 0 Å². The van der Waals surface area contributed by atoms with Crippen molar-refractivity contribution in [1.82, 2.24) is 4.90 Å². The van der Waals surface area contributed by atoms with Gasteiger partial charge in [-0.05, 0) is 38.3 Å². The Labute approximate surface area is 189 Å². The zero-order valence-corrected chi connectivity index (χ0v) is 21.9. The topological polar surface area (TPSA) is 82.1 Å². The molecule has 0 aromatic heterocycles. The number of nitrogens with zero attached hydrogens (tertiary/aromatic N) is 1. The maximum atomic E-state index is 12.8. The van der Waals surface area contributed by atoms with E-state index >= 15 is 0 Å². The molecule has 0 radical (unpaired) electrons. The number of carbonyl (C=O) groups excluding carboxylic acids is 3. The van der Waals surface area contributed by atoms with Crippen LogP contribution in [0, 0.1) is 5.92 Å². The number of likely N-dealkylation sites (tertiary alicyclic amines) is 1. The largest absolute Gasteiger partial charge is 0.466 e. The molecule has 1 rings (SSSR count). The molecule has 0 aromatic carbocycles. The van der Waals surface area contributed by atoms with Crippen molar-refractivity contribution in [1.29, 1.82) is 0 Å². The number of aldehydes is 1. The van der Waals surface area contributed by atoms with E-state index in [2.05, 4.69) is 32.6 Å². The standard InChI is InChI=1S/C23H43NO6Si/c1-16(2)31(17(3)4,18(5)14-25)29-11-10-24-13-20(15-28-19(6)26)12-21(24)22(27)30-23(7,8)9/h14,16-18,20-21H,10-13,15H2,1-9H3. The fourth-order valence-electron chi connectivity index (χ4n) is 4.85. The van der Waals surface area contributed by atoms with E-state index in [-0.39, 0.29) is 29.4 Å². The van der Waals surface area contributed by atoms with E-state index in [1.165, 1.54) is 6.92 Å². The lowest BCUT2D eigenvalue weighted by molar-refractivity contribution is -0.160. The molecule has 31 heavy (non-hydrogen) atoms. The molecule has 1 fully saturated rings. The maximum absolute atomic E-state index is 12.8. The summed E-state index contributed by atoms with van der Waals surface area (Å²) < 4.78 is 17.4. The van der Waals surface area contributed by atoms with Crippen molar-refractivity contribution in [3.05, 3.63) is 0 Å². The molecule has 0 N–H and O–H groups in total. The molecule has 0 saturated carbocycles. The fourth-order valence-corrected chi connectivity index (χ4v) is 9.87. The second-order valence-electron chi connectivity index (χ2n) is 10.4. The van der Waals surface area contributed by atoms with Crippen LogP contribution in [0.25, 0.3) is 0 Å². The number of ether oxygens (including phenoxy) is 2. The Morgan fingerprint density at radius 2 is 1.71 bits per heavy atom. The Morgan fingerprint density at radius 3 is 2.16 bits per heavy atom. The summed E-state index contributed by atoms with van der Waals surface area (Å²) >= 11 is 0. The Hall–Kier alpha value is -1.25. The lowest BCUT2D eigenvalue weighted by Gasteiger charge is -2.41. The van der Waals surface area contributed by atoms with Gasteiger partial charge in [-0.25, -0.2) is 0 Å². The first-order chi connectivity index (χ1) is 14.2. The van der Waals surface area contributed by atoms with Gasteiger partial charge in [0.2, 0.25) is 8.32 Å². The van der Waals surface area contributed by atoms with Crippen molar-refractivity contribution in [2.75, 3.05) is 26.3 Å². The predicted molar refractivity (Wildman–Crippen MR) is 123 cm³/mol. The molecule has 1 saturated heterocycles. The van der Waals surface area contributed by atoms with E-state index in [1.807, 2.05) is 27.7 Å². The number of hydrogen-bond donors (Lipinski definition) is 0. The van der Waals surface area contributed by atoms with Crippen LogP contribution in [0.5, 0.6) is 0 Å². The summed E-state index contributed by atoms with van der Waals surface area (Å²) in [5.41, 5.74) is -0.0806. The van der Waals surface area contributed by atoms with Gasteiger partial charge in [-0.2, -0.15) is 0 Å². The average Bonchev–Trinajstić information content (AvgIpc) is 3.04. The minimum atomic E-state index is -2.34. The third-order valence-corrected chi connectivity index (χ3v) is 12.0. The molecule has 7 nitrogen and oxygen atoms in total. The maximum Gasteiger partial charge on any atom is 0.323 e. The highest BCUT2D eigenvalue weighted by Gasteiger charge is 2.47. The Bertz CT molecular complexity index is 608. The van der Waals surface area contributed by atoms with Gasteiger partial charge in [-0.1, -0.05) is 34.6 Å². The Morgan fingerprint density at radius 1 is 1.13 bits per heavy atom. The number of esters is 2. The summed E-state index contributed by atoms with van der Waals surface area (Å²) in [6.07, 6.45) is 1.62. The average molecular weight is 458 g/mol. The Balaban J connectivity index is 2.92. The number of rotatable bonds is 11. The van der Waals surface area contributed by atoms with Gasteiger partial charge in [0, 0.05) is 38.1 Å². The molecule has 8 heteroatoms. The second kappa shape index (κ2) is 11.6. The van der Waals surface area contributed by atoms with E-state index in [0.29, 0.717) is 43.8 Å². The molecular weight excluding hydrogens is 414 g/mol. The highest BCUT2D eigenvalue weighted by Crippen LogP contribution is 2.41. The van der Waals surface area contributed by atoms with Gasteiger partial charge < -0.3 is 18.7 Å². The summed E-state index contributed by atoms with van der Waals surface area (Å²) in [6, 6.07) is -0.388.